The Morgan fingerprint density at radius 1 is 1.16 bits per heavy atom. The summed E-state index contributed by atoms with van der Waals surface area (Å²) in [4.78, 5) is 35.4. The Kier molecular flexibility index (Phi) is 5.05. The van der Waals surface area contributed by atoms with Crippen molar-refractivity contribution in [2.45, 2.75) is 37.8 Å². The number of alkyl carbamates (subject to hydrolysis) is 1. The van der Waals surface area contributed by atoms with Gasteiger partial charge in [0.05, 0.1) is 18.4 Å². The monoisotopic (exact) mass is 419 g/mol. The van der Waals surface area contributed by atoms with Gasteiger partial charge in [-0.25, -0.2) is 14.8 Å². The standard InChI is InChI=1S/C23H25N5O3/c29-21(27-10-4-8-23(9-12-27)15-25-22(30)31-23)18-13-19-20(24-14-18)28(16-26-19)11-7-17-5-2-1-3-6-17/h1-3,5-6,13-14,16H,4,7-12,15H2,(H,25,30). The quantitative estimate of drug-likeness (QED) is 0.702. The lowest BCUT2D eigenvalue weighted by Gasteiger charge is -2.25. The van der Waals surface area contributed by atoms with Crippen LogP contribution in [0.15, 0.2) is 48.9 Å². The third kappa shape index (κ3) is 3.97. The number of nitrogens with zero attached hydrogens (tertiary/aromatic N) is 4. The third-order valence-electron chi connectivity index (χ3n) is 6.24. The van der Waals surface area contributed by atoms with Gasteiger partial charge < -0.3 is 19.5 Å². The second-order valence-electron chi connectivity index (χ2n) is 8.31. The first kappa shape index (κ1) is 19.5. The molecule has 1 N–H and O–H groups in total. The lowest BCUT2D eigenvalue weighted by molar-refractivity contribution is 0.0438. The Hall–Kier alpha value is -3.42. The summed E-state index contributed by atoms with van der Waals surface area (Å²) in [5, 5.41) is 2.74. The van der Waals surface area contributed by atoms with Crippen LogP contribution in [0.25, 0.3) is 11.2 Å². The van der Waals surface area contributed by atoms with Crippen molar-refractivity contribution < 1.29 is 14.3 Å². The van der Waals surface area contributed by atoms with Crippen LogP contribution in [0.3, 0.4) is 0 Å². The van der Waals surface area contributed by atoms with Gasteiger partial charge in [0.25, 0.3) is 5.91 Å². The average Bonchev–Trinajstić information content (AvgIpc) is 3.30. The first-order chi connectivity index (χ1) is 15.1. The van der Waals surface area contributed by atoms with Crippen LogP contribution < -0.4 is 5.32 Å². The summed E-state index contributed by atoms with van der Waals surface area (Å²) in [7, 11) is 0. The molecule has 8 heteroatoms. The maximum atomic E-state index is 13.1. The van der Waals surface area contributed by atoms with E-state index in [1.807, 2.05) is 33.7 Å². The number of imidazole rings is 1. The zero-order chi connectivity index (χ0) is 21.3. The summed E-state index contributed by atoms with van der Waals surface area (Å²) in [5.74, 6) is -0.0532. The van der Waals surface area contributed by atoms with Gasteiger partial charge in [-0.3, -0.25) is 4.79 Å². The predicted molar refractivity (Wildman–Crippen MR) is 115 cm³/mol. The molecule has 2 aliphatic rings. The van der Waals surface area contributed by atoms with E-state index in [0.717, 1.165) is 37.0 Å². The Bertz CT molecular complexity index is 1110. The lowest BCUT2D eigenvalue weighted by atomic mass is 9.95. The molecule has 2 aromatic heterocycles. The van der Waals surface area contributed by atoms with Gasteiger partial charge in [0, 0.05) is 32.3 Å². The van der Waals surface area contributed by atoms with Gasteiger partial charge in [-0.2, -0.15) is 0 Å². The maximum absolute atomic E-state index is 13.1. The fourth-order valence-electron chi connectivity index (χ4n) is 4.46. The van der Waals surface area contributed by atoms with E-state index in [-0.39, 0.29) is 12.0 Å². The topological polar surface area (TPSA) is 89.4 Å². The van der Waals surface area contributed by atoms with E-state index in [0.29, 0.717) is 31.6 Å². The Balaban J connectivity index is 1.28. The summed E-state index contributed by atoms with van der Waals surface area (Å²) in [5.41, 5.74) is 2.83. The van der Waals surface area contributed by atoms with Gasteiger partial charge in [-0.1, -0.05) is 30.3 Å². The van der Waals surface area contributed by atoms with Crippen molar-refractivity contribution in [3.05, 3.63) is 60.0 Å². The number of fused-ring (bicyclic) bond motifs is 1. The molecule has 2 amide bonds. The predicted octanol–water partition coefficient (Wildman–Crippen LogP) is 2.78. The van der Waals surface area contributed by atoms with E-state index >= 15 is 0 Å². The van der Waals surface area contributed by atoms with Crippen LogP contribution in [0.4, 0.5) is 4.79 Å². The highest BCUT2D eigenvalue weighted by Crippen LogP contribution is 2.30. The lowest BCUT2D eigenvalue weighted by Crippen LogP contribution is -2.36. The number of benzene rings is 1. The van der Waals surface area contributed by atoms with Gasteiger partial charge in [0.15, 0.2) is 5.65 Å². The molecule has 5 rings (SSSR count). The van der Waals surface area contributed by atoms with E-state index in [2.05, 4.69) is 27.4 Å². The summed E-state index contributed by atoms with van der Waals surface area (Å²) in [6.07, 6.45) is 6.15. The largest absolute Gasteiger partial charge is 0.441 e. The fourth-order valence-corrected chi connectivity index (χ4v) is 4.46. The molecule has 4 heterocycles. The summed E-state index contributed by atoms with van der Waals surface area (Å²) in [6, 6.07) is 12.1. The molecule has 1 spiro atoms. The van der Waals surface area contributed by atoms with Crippen LogP contribution in [-0.4, -0.2) is 56.7 Å². The summed E-state index contributed by atoms with van der Waals surface area (Å²) < 4.78 is 7.53. The molecule has 1 atom stereocenters. The van der Waals surface area contributed by atoms with Crippen molar-refractivity contribution in [1.29, 1.82) is 0 Å². The molecule has 0 saturated carbocycles. The first-order valence-electron chi connectivity index (χ1n) is 10.7. The van der Waals surface area contributed by atoms with Crippen LogP contribution in [0.2, 0.25) is 0 Å². The van der Waals surface area contributed by atoms with Gasteiger partial charge >= 0.3 is 6.09 Å². The molecule has 3 aromatic rings. The number of carbonyl (C=O) groups excluding carboxylic acids is 2. The van der Waals surface area contributed by atoms with E-state index in [9.17, 15) is 9.59 Å². The highest BCUT2D eigenvalue weighted by atomic mass is 16.6. The molecule has 2 saturated heterocycles. The normalized spacial score (nSPS) is 21.2. The van der Waals surface area contributed by atoms with E-state index in [1.54, 1.807) is 12.5 Å². The number of aromatic nitrogens is 3. The van der Waals surface area contributed by atoms with Crippen molar-refractivity contribution in [3.8, 4) is 0 Å². The molecule has 0 bridgehead atoms. The minimum atomic E-state index is -0.480. The first-order valence-corrected chi connectivity index (χ1v) is 10.7. The zero-order valence-corrected chi connectivity index (χ0v) is 17.3. The molecule has 0 radical (unpaired) electrons. The molecule has 2 fully saturated rings. The highest BCUT2D eigenvalue weighted by molar-refractivity contribution is 5.96. The van der Waals surface area contributed by atoms with Crippen molar-refractivity contribution >= 4 is 23.2 Å². The molecule has 1 aromatic carbocycles. The SMILES string of the molecule is O=C1NCC2(CCCN(C(=O)c3cnc4c(c3)ncn4CCc3ccccc3)CC2)O1. The highest BCUT2D eigenvalue weighted by Gasteiger charge is 2.41. The Morgan fingerprint density at radius 2 is 2.03 bits per heavy atom. The van der Waals surface area contributed by atoms with Gasteiger partial charge in [-0.05, 0) is 30.9 Å². The van der Waals surface area contributed by atoms with Crippen molar-refractivity contribution in [3.63, 3.8) is 0 Å². The Labute approximate surface area is 180 Å². The fraction of sp³-hybridized carbons (Fsp3) is 0.391. The van der Waals surface area contributed by atoms with E-state index in [4.69, 9.17) is 4.74 Å². The number of aryl methyl sites for hydroxylation is 2. The van der Waals surface area contributed by atoms with E-state index < -0.39 is 5.60 Å². The molecular formula is C23H25N5O3. The summed E-state index contributed by atoms with van der Waals surface area (Å²) in [6.45, 7) is 2.49. The number of hydrogen-bond acceptors (Lipinski definition) is 5. The summed E-state index contributed by atoms with van der Waals surface area (Å²) >= 11 is 0. The zero-order valence-electron chi connectivity index (χ0n) is 17.3. The number of likely N-dealkylation sites (tertiary alicyclic amines) is 1. The van der Waals surface area contributed by atoms with Gasteiger partial charge in [-0.15, -0.1) is 0 Å². The second kappa shape index (κ2) is 8.02. The minimum absolute atomic E-state index is 0.0532. The smallest absolute Gasteiger partial charge is 0.407 e. The van der Waals surface area contributed by atoms with Crippen molar-refractivity contribution in [1.82, 2.24) is 24.8 Å². The Morgan fingerprint density at radius 3 is 2.84 bits per heavy atom. The number of hydrogen-bond donors (Lipinski definition) is 1. The molecule has 0 aliphatic carbocycles. The molecular weight excluding hydrogens is 394 g/mol. The van der Waals surface area contributed by atoms with Crippen LogP contribution in [0, 0.1) is 0 Å². The molecule has 2 aliphatic heterocycles. The number of carbonyl (C=O) groups is 2. The number of ether oxygens (including phenoxy) is 1. The molecule has 160 valence electrons. The molecule has 1 unspecified atom stereocenters. The number of pyridine rings is 1. The molecule has 8 nitrogen and oxygen atoms in total. The number of rotatable bonds is 4. The van der Waals surface area contributed by atoms with Gasteiger partial charge in [0.2, 0.25) is 0 Å². The minimum Gasteiger partial charge on any atom is -0.441 e. The van der Waals surface area contributed by atoms with Crippen LogP contribution in [-0.2, 0) is 17.7 Å². The molecule has 31 heavy (non-hydrogen) atoms. The maximum Gasteiger partial charge on any atom is 0.407 e. The van der Waals surface area contributed by atoms with Crippen LogP contribution in [0.5, 0.6) is 0 Å². The second-order valence-corrected chi connectivity index (χ2v) is 8.31. The third-order valence-corrected chi connectivity index (χ3v) is 6.24. The van der Waals surface area contributed by atoms with E-state index in [1.165, 1.54) is 5.56 Å². The van der Waals surface area contributed by atoms with Crippen molar-refractivity contribution in [2.75, 3.05) is 19.6 Å². The average molecular weight is 419 g/mol. The van der Waals surface area contributed by atoms with Crippen molar-refractivity contribution in [2.24, 2.45) is 0 Å². The van der Waals surface area contributed by atoms with Crippen LogP contribution in [0.1, 0.15) is 35.2 Å². The number of nitrogens with one attached hydrogen (secondary N) is 1. The van der Waals surface area contributed by atoms with Gasteiger partial charge in [0.1, 0.15) is 11.1 Å². The van der Waals surface area contributed by atoms with Crippen LogP contribution >= 0.6 is 0 Å². The number of amides is 2.